The fraction of sp³-hybridized carbons (Fsp3) is 0.611. The van der Waals surface area contributed by atoms with E-state index in [0.717, 1.165) is 51.7 Å². The number of nitrogens with zero attached hydrogens (tertiary/aromatic N) is 2. The summed E-state index contributed by atoms with van der Waals surface area (Å²) in [5.74, 6) is 1.00. The van der Waals surface area contributed by atoms with Gasteiger partial charge in [-0.1, -0.05) is 0 Å². The van der Waals surface area contributed by atoms with Gasteiger partial charge >= 0.3 is 0 Å². The van der Waals surface area contributed by atoms with Gasteiger partial charge in [-0.15, -0.1) is 12.4 Å². The van der Waals surface area contributed by atoms with Crippen molar-refractivity contribution < 1.29 is 13.9 Å². The second-order valence-electron chi connectivity index (χ2n) is 6.62. The molecule has 140 valence electrons. The SMILES string of the molecule is Cl.O=C(COc1ccc(F)cc1)N1CCN(CC2CCNCC2)CC1. The molecule has 2 saturated heterocycles. The Bertz CT molecular complexity index is 530. The van der Waals surface area contributed by atoms with Crippen LogP contribution in [0.3, 0.4) is 0 Å². The maximum absolute atomic E-state index is 12.8. The van der Waals surface area contributed by atoms with E-state index in [9.17, 15) is 9.18 Å². The van der Waals surface area contributed by atoms with Gasteiger partial charge in [0.2, 0.25) is 0 Å². The Morgan fingerprint density at radius 2 is 1.76 bits per heavy atom. The Morgan fingerprint density at radius 3 is 2.40 bits per heavy atom. The molecule has 1 aromatic rings. The molecule has 7 heteroatoms. The van der Waals surface area contributed by atoms with E-state index in [0.29, 0.717) is 5.75 Å². The highest BCUT2D eigenvalue weighted by Gasteiger charge is 2.24. The molecule has 0 bridgehead atoms. The van der Waals surface area contributed by atoms with Crippen LogP contribution in [0.15, 0.2) is 24.3 Å². The van der Waals surface area contributed by atoms with Gasteiger partial charge in [0.25, 0.3) is 5.91 Å². The van der Waals surface area contributed by atoms with Crippen LogP contribution in [0.25, 0.3) is 0 Å². The molecule has 2 fully saturated rings. The number of benzene rings is 1. The van der Waals surface area contributed by atoms with Crippen molar-refractivity contribution >= 4 is 18.3 Å². The van der Waals surface area contributed by atoms with Crippen molar-refractivity contribution in [2.75, 3.05) is 52.4 Å². The van der Waals surface area contributed by atoms with Gasteiger partial charge in [0.05, 0.1) is 0 Å². The average molecular weight is 372 g/mol. The Labute approximate surface area is 154 Å². The van der Waals surface area contributed by atoms with Crippen LogP contribution in [-0.4, -0.2) is 68.1 Å². The smallest absolute Gasteiger partial charge is 0.260 e. The lowest BCUT2D eigenvalue weighted by Gasteiger charge is -2.37. The first-order valence-corrected chi connectivity index (χ1v) is 8.80. The van der Waals surface area contributed by atoms with Crippen molar-refractivity contribution in [2.45, 2.75) is 12.8 Å². The van der Waals surface area contributed by atoms with Gasteiger partial charge in [0.15, 0.2) is 6.61 Å². The molecule has 25 heavy (non-hydrogen) atoms. The highest BCUT2D eigenvalue weighted by atomic mass is 35.5. The van der Waals surface area contributed by atoms with E-state index >= 15 is 0 Å². The fourth-order valence-electron chi connectivity index (χ4n) is 3.38. The molecule has 3 rings (SSSR count). The summed E-state index contributed by atoms with van der Waals surface area (Å²) < 4.78 is 18.3. The van der Waals surface area contributed by atoms with Crippen LogP contribution >= 0.6 is 12.4 Å². The van der Waals surface area contributed by atoms with Crippen LogP contribution in [-0.2, 0) is 4.79 Å². The largest absolute Gasteiger partial charge is 0.484 e. The standard InChI is InChI=1S/C18H26FN3O2.ClH/c19-16-1-3-17(4-2-16)24-14-18(23)22-11-9-21(10-12-22)13-15-5-7-20-8-6-15;/h1-4,15,20H,5-14H2;1H. The number of carbonyl (C=O) groups is 1. The van der Waals surface area contributed by atoms with Crippen LogP contribution in [0.2, 0.25) is 0 Å². The molecule has 0 aliphatic carbocycles. The van der Waals surface area contributed by atoms with Gasteiger partial charge in [-0.2, -0.15) is 0 Å². The summed E-state index contributed by atoms with van der Waals surface area (Å²) >= 11 is 0. The van der Waals surface area contributed by atoms with Crippen molar-refractivity contribution in [3.05, 3.63) is 30.1 Å². The molecule has 1 N–H and O–H groups in total. The number of carbonyl (C=O) groups excluding carboxylic acids is 1. The van der Waals surface area contributed by atoms with Crippen molar-refractivity contribution in [1.29, 1.82) is 0 Å². The zero-order chi connectivity index (χ0) is 16.8. The molecule has 2 aliphatic heterocycles. The second-order valence-corrected chi connectivity index (χ2v) is 6.62. The first-order valence-electron chi connectivity index (χ1n) is 8.80. The predicted molar refractivity (Wildman–Crippen MR) is 97.8 cm³/mol. The van der Waals surface area contributed by atoms with Crippen LogP contribution in [0.1, 0.15) is 12.8 Å². The van der Waals surface area contributed by atoms with E-state index in [2.05, 4.69) is 10.2 Å². The lowest BCUT2D eigenvalue weighted by molar-refractivity contribution is -0.135. The number of ether oxygens (including phenoxy) is 1. The molecule has 2 aliphatic rings. The molecule has 0 spiro atoms. The lowest BCUT2D eigenvalue weighted by Crippen LogP contribution is -2.51. The van der Waals surface area contributed by atoms with E-state index in [1.807, 2.05) is 4.90 Å². The first kappa shape index (κ1) is 19.9. The summed E-state index contributed by atoms with van der Waals surface area (Å²) in [5, 5.41) is 3.40. The number of hydrogen-bond donors (Lipinski definition) is 1. The lowest BCUT2D eigenvalue weighted by atomic mass is 9.97. The summed E-state index contributed by atoms with van der Waals surface area (Å²) in [5.41, 5.74) is 0. The number of piperazine rings is 1. The van der Waals surface area contributed by atoms with E-state index in [-0.39, 0.29) is 30.7 Å². The summed E-state index contributed by atoms with van der Waals surface area (Å²) in [6.07, 6.45) is 2.51. The molecular formula is C18H27ClFN3O2. The first-order chi connectivity index (χ1) is 11.7. The van der Waals surface area contributed by atoms with Crippen molar-refractivity contribution in [2.24, 2.45) is 5.92 Å². The Morgan fingerprint density at radius 1 is 1.12 bits per heavy atom. The molecule has 1 amide bonds. The van der Waals surface area contributed by atoms with Crippen LogP contribution in [0.5, 0.6) is 5.75 Å². The third kappa shape index (κ3) is 6.13. The number of nitrogens with one attached hydrogen (secondary N) is 1. The summed E-state index contributed by atoms with van der Waals surface area (Å²) in [6.45, 7) is 6.81. The topological polar surface area (TPSA) is 44.8 Å². The van der Waals surface area contributed by atoms with Crippen molar-refractivity contribution in [1.82, 2.24) is 15.1 Å². The molecule has 0 saturated carbocycles. The Kier molecular flexibility index (Phi) is 7.93. The third-order valence-corrected chi connectivity index (χ3v) is 4.88. The maximum Gasteiger partial charge on any atom is 0.260 e. The summed E-state index contributed by atoms with van der Waals surface area (Å²) in [6, 6.07) is 5.75. The van der Waals surface area contributed by atoms with E-state index in [1.54, 1.807) is 12.1 Å². The van der Waals surface area contributed by atoms with Gasteiger partial charge < -0.3 is 15.0 Å². The van der Waals surface area contributed by atoms with Crippen LogP contribution in [0.4, 0.5) is 4.39 Å². The molecule has 1 aromatic carbocycles. The fourth-order valence-corrected chi connectivity index (χ4v) is 3.38. The summed E-state index contributed by atoms with van der Waals surface area (Å²) in [4.78, 5) is 16.6. The minimum absolute atomic E-state index is 0. The van der Waals surface area contributed by atoms with Gasteiger partial charge in [0, 0.05) is 32.7 Å². The summed E-state index contributed by atoms with van der Waals surface area (Å²) in [7, 11) is 0. The van der Waals surface area contributed by atoms with Gasteiger partial charge in [0.1, 0.15) is 11.6 Å². The molecule has 0 aromatic heterocycles. The molecular weight excluding hydrogens is 345 g/mol. The minimum atomic E-state index is -0.307. The van der Waals surface area contributed by atoms with Gasteiger partial charge in [-0.3, -0.25) is 9.69 Å². The monoisotopic (exact) mass is 371 g/mol. The maximum atomic E-state index is 12.8. The minimum Gasteiger partial charge on any atom is -0.484 e. The van der Waals surface area contributed by atoms with E-state index in [4.69, 9.17) is 4.74 Å². The molecule has 0 unspecified atom stereocenters. The van der Waals surface area contributed by atoms with Crippen LogP contribution in [0, 0.1) is 11.7 Å². The second kappa shape index (κ2) is 9.94. The molecule has 0 atom stereocenters. The Hall–Kier alpha value is -1.37. The highest BCUT2D eigenvalue weighted by Crippen LogP contribution is 2.15. The molecule has 5 nitrogen and oxygen atoms in total. The van der Waals surface area contributed by atoms with E-state index < -0.39 is 0 Å². The number of amides is 1. The number of rotatable bonds is 5. The zero-order valence-electron chi connectivity index (χ0n) is 14.5. The Balaban J connectivity index is 0.00000225. The normalized spacial score (nSPS) is 19.3. The van der Waals surface area contributed by atoms with Gasteiger partial charge in [-0.05, 0) is 56.1 Å². The average Bonchev–Trinajstić information content (AvgIpc) is 2.62. The van der Waals surface area contributed by atoms with Crippen molar-refractivity contribution in [3.63, 3.8) is 0 Å². The highest BCUT2D eigenvalue weighted by molar-refractivity contribution is 5.85. The van der Waals surface area contributed by atoms with Gasteiger partial charge in [-0.25, -0.2) is 4.39 Å². The molecule has 2 heterocycles. The third-order valence-electron chi connectivity index (χ3n) is 4.88. The van der Waals surface area contributed by atoms with Crippen LogP contribution < -0.4 is 10.1 Å². The number of piperidine rings is 1. The zero-order valence-corrected chi connectivity index (χ0v) is 15.3. The quantitative estimate of drug-likeness (QED) is 0.856. The number of halogens is 2. The van der Waals surface area contributed by atoms with E-state index in [1.165, 1.54) is 25.0 Å². The van der Waals surface area contributed by atoms with Crippen molar-refractivity contribution in [3.8, 4) is 5.75 Å². The molecule has 0 radical (unpaired) electrons. The number of hydrogen-bond acceptors (Lipinski definition) is 4. The predicted octanol–water partition coefficient (Wildman–Crippen LogP) is 1.77.